The molecule has 13 rings (SSSR count). The standard InChI is InChI=1S/C22H20Cl2N2O3.2C20H18Cl2N2O3.C18H14Cl2N2O3/c1-26-18-9-8-16(23)20(24)15(18)11-19(26)21(27)25-17(10-12-2-3-12)13-4-6-14(7-5-13)22(28)29;1-20(2,12-6-4-11(5-7-12)19(26)27)23-18(25)16-10-13-15(24(16)3)9-8-14(21)17(13)22;1-11(13-5-3-12(4-6-13)9-18(25)26)23-20(27)17-10-14-16(24(17)2)8-7-15(21)19(14)22;1-22-14-7-6-13(19)16(20)12(14)8-15(22)17(23)21-9-10-2-4-11(5-3-10)18(24)25/h4-9,11-12,17H,2-3,10H2,1H3,(H,25,27)(H,28,29);4-10H,1-3H3,(H,23,25)(H,26,27);3-8,10-11H,9H2,1-2H3,(H,23,27)(H,25,26);2-8H,9H2,1H3,(H,21,23)(H,24,25). The zero-order valence-electron chi connectivity index (χ0n) is 58.8. The van der Waals surface area contributed by atoms with Crippen molar-refractivity contribution >= 4 is 184 Å². The zero-order valence-corrected chi connectivity index (χ0v) is 64.8. The van der Waals surface area contributed by atoms with Gasteiger partial charge in [-0.1, -0.05) is 166 Å². The lowest BCUT2D eigenvalue weighted by Crippen LogP contribution is -2.41. The number of carbonyl (C=O) groups excluding carboxylic acids is 4. The van der Waals surface area contributed by atoms with Gasteiger partial charge in [-0.05, 0) is 170 Å². The lowest BCUT2D eigenvalue weighted by molar-refractivity contribution is -0.136. The maximum Gasteiger partial charge on any atom is 0.335 e. The van der Waals surface area contributed by atoms with Crippen molar-refractivity contribution in [3.05, 3.63) is 277 Å². The van der Waals surface area contributed by atoms with Crippen LogP contribution in [-0.4, -0.2) is 86.2 Å². The summed E-state index contributed by atoms with van der Waals surface area (Å²) in [7, 11) is 7.19. The number of fused-ring (bicyclic) bond motifs is 4. The van der Waals surface area contributed by atoms with Crippen LogP contribution < -0.4 is 21.3 Å². The number of carbonyl (C=O) groups is 8. The minimum atomic E-state index is -0.991. The number of carboxylic acids is 4. The number of halogens is 8. The van der Waals surface area contributed by atoms with Crippen LogP contribution in [0.5, 0.6) is 0 Å². The number of benzene rings is 8. The molecule has 2 unspecified atom stereocenters. The molecule has 0 spiro atoms. The van der Waals surface area contributed by atoms with Crippen molar-refractivity contribution in [1.29, 1.82) is 0 Å². The third kappa shape index (κ3) is 18.4. The highest BCUT2D eigenvalue weighted by molar-refractivity contribution is 6.47. The van der Waals surface area contributed by atoms with E-state index in [0.29, 0.717) is 85.2 Å². The summed E-state index contributed by atoms with van der Waals surface area (Å²) < 4.78 is 7.08. The second-order valence-electron chi connectivity index (χ2n) is 26.3. The fourth-order valence-electron chi connectivity index (χ4n) is 12.3. The van der Waals surface area contributed by atoms with Crippen LogP contribution in [0.3, 0.4) is 0 Å². The molecule has 28 heteroatoms. The summed E-state index contributed by atoms with van der Waals surface area (Å²) in [5.74, 6) is -4.20. The maximum atomic E-state index is 13.1. The van der Waals surface area contributed by atoms with Crippen molar-refractivity contribution in [3.8, 4) is 0 Å². The summed E-state index contributed by atoms with van der Waals surface area (Å²) >= 11 is 49.3. The Kier molecular flexibility index (Phi) is 25.4. The van der Waals surface area contributed by atoms with Crippen LogP contribution in [0.2, 0.25) is 40.2 Å². The molecule has 8 N–H and O–H groups in total. The van der Waals surface area contributed by atoms with Gasteiger partial charge in [0.15, 0.2) is 0 Å². The second kappa shape index (κ2) is 34.1. The SMILES string of the molecule is CC(NC(=O)c1cc2c(Cl)c(Cl)ccc2n1C)c1ccc(CC(=O)O)cc1.Cn1c(C(=O)NC(C)(C)c2ccc(C(=O)O)cc2)cc2c(Cl)c(Cl)ccc21.Cn1c(C(=O)NC(CC2CC2)c2ccc(C(=O)O)cc2)cc2c(Cl)c(Cl)ccc21.Cn1c(C(=O)NCc2ccc(C(=O)O)cc2)cc2c(Cl)c(Cl)ccc21. The maximum absolute atomic E-state index is 13.1. The predicted molar refractivity (Wildman–Crippen MR) is 425 cm³/mol. The van der Waals surface area contributed by atoms with E-state index in [9.17, 15) is 38.4 Å². The Morgan fingerprint density at radius 3 is 1.13 bits per heavy atom. The zero-order chi connectivity index (χ0) is 78.5. The molecule has 4 amide bonds. The highest BCUT2D eigenvalue weighted by Crippen LogP contribution is 2.40. The molecule has 4 heterocycles. The van der Waals surface area contributed by atoms with Gasteiger partial charge in [0.25, 0.3) is 23.6 Å². The van der Waals surface area contributed by atoms with Gasteiger partial charge in [-0.15, -0.1) is 0 Å². The van der Waals surface area contributed by atoms with E-state index in [1.54, 1.807) is 149 Å². The average molecular weight is 1620 g/mol. The Morgan fingerprint density at radius 1 is 0.426 bits per heavy atom. The minimum Gasteiger partial charge on any atom is -0.481 e. The quantitative estimate of drug-likeness (QED) is 0.0375. The van der Waals surface area contributed by atoms with Crippen LogP contribution in [0.1, 0.15) is 153 Å². The van der Waals surface area contributed by atoms with Gasteiger partial charge >= 0.3 is 23.9 Å². The van der Waals surface area contributed by atoms with Crippen LogP contribution >= 0.6 is 92.8 Å². The first-order chi connectivity index (χ1) is 51.1. The number of aliphatic carboxylic acids is 1. The predicted octanol–water partition coefficient (Wildman–Crippen LogP) is 19.0. The molecule has 1 aliphatic carbocycles. The van der Waals surface area contributed by atoms with E-state index in [4.69, 9.17) is 113 Å². The van der Waals surface area contributed by atoms with Crippen molar-refractivity contribution < 1.29 is 58.8 Å². The Labute approximate surface area is 659 Å². The first-order valence-electron chi connectivity index (χ1n) is 33.4. The molecule has 12 aromatic rings. The molecule has 4 aromatic heterocycles. The number of carboxylic acid groups (broad SMARTS) is 4. The third-order valence-corrected chi connectivity index (χ3v) is 21.9. The molecule has 1 fully saturated rings. The number of nitrogens with zero attached hydrogens (tertiary/aromatic N) is 4. The van der Waals surface area contributed by atoms with E-state index < -0.39 is 29.4 Å². The summed E-state index contributed by atoms with van der Waals surface area (Å²) in [6.45, 7) is 5.87. The molecular weight excluding hydrogens is 1550 g/mol. The molecule has 0 bridgehead atoms. The summed E-state index contributed by atoms with van der Waals surface area (Å²) in [5.41, 5.74) is 9.16. The number of nitrogens with one attached hydrogen (secondary N) is 4. The van der Waals surface area contributed by atoms with Gasteiger partial charge in [-0.2, -0.15) is 0 Å². The van der Waals surface area contributed by atoms with Crippen LogP contribution in [0.25, 0.3) is 43.6 Å². The Morgan fingerprint density at radius 2 is 0.759 bits per heavy atom. The van der Waals surface area contributed by atoms with Gasteiger partial charge in [-0.3, -0.25) is 24.0 Å². The van der Waals surface area contributed by atoms with Gasteiger partial charge < -0.3 is 60.0 Å². The van der Waals surface area contributed by atoms with E-state index in [2.05, 4.69) is 21.3 Å². The monoisotopic (exact) mass is 1610 g/mol. The van der Waals surface area contributed by atoms with E-state index >= 15 is 0 Å². The highest BCUT2D eigenvalue weighted by atomic mass is 35.5. The van der Waals surface area contributed by atoms with E-state index in [1.165, 1.54) is 24.3 Å². The Bertz CT molecular complexity index is 5510. The van der Waals surface area contributed by atoms with Gasteiger partial charge in [0.05, 0.1) is 80.9 Å². The fraction of sp³-hybridized carbons (Fsp3) is 0.200. The lowest BCUT2D eigenvalue weighted by Gasteiger charge is -2.27. The van der Waals surface area contributed by atoms with Gasteiger partial charge in [0.1, 0.15) is 22.8 Å². The molecule has 20 nitrogen and oxygen atoms in total. The van der Waals surface area contributed by atoms with Crippen molar-refractivity contribution in [2.24, 2.45) is 34.1 Å². The molecule has 8 aromatic carbocycles. The molecule has 0 aliphatic heterocycles. The Hall–Kier alpha value is -10.0. The van der Waals surface area contributed by atoms with E-state index in [1.807, 2.05) is 64.2 Å². The Balaban J connectivity index is 0.000000154. The van der Waals surface area contributed by atoms with E-state index in [-0.39, 0.29) is 65.4 Å². The first-order valence-corrected chi connectivity index (χ1v) is 36.4. The molecule has 108 heavy (non-hydrogen) atoms. The smallest absolute Gasteiger partial charge is 0.335 e. The topological polar surface area (TPSA) is 285 Å². The summed E-state index contributed by atoms with van der Waals surface area (Å²) in [6, 6.07) is 47.2. The highest BCUT2D eigenvalue weighted by Gasteiger charge is 2.30. The molecular formula is C80H70Cl8N8O12. The van der Waals surface area contributed by atoms with E-state index in [0.717, 1.165) is 74.4 Å². The minimum absolute atomic E-state index is 0.0275. The van der Waals surface area contributed by atoms with Gasteiger partial charge in [0, 0.05) is 78.3 Å². The number of aryl methyl sites for hydroxylation is 4. The number of aromatic carboxylic acids is 3. The number of hydrogen-bond acceptors (Lipinski definition) is 8. The number of aromatic nitrogens is 4. The van der Waals surface area contributed by atoms with Crippen LogP contribution in [0, 0.1) is 5.92 Å². The summed E-state index contributed by atoms with van der Waals surface area (Å²) in [5, 5.41) is 54.1. The summed E-state index contributed by atoms with van der Waals surface area (Å²) in [4.78, 5) is 94.9. The van der Waals surface area contributed by atoms with Crippen molar-refractivity contribution in [1.82, 2.24) is 39.5 Å². The molecule has 1 saturated carbocycles. The number of rotatable bonds is 19. The molecule has 0 radical (unpaired) electrons. The second-order valence-corrected chi connectivity index (χ2v) is 29.5. The molecule has 0 saturated heterocycles. The van der Waals surface area contributed by atoms with Crippen LogP contribution in [-0.2, 0) is 51.5 Å². The third-order valence-electron chi connectivity index (χ3n) is 18.6. The van der Waals surface area contributed by atoms with Crippen molar-refractivity contribution in [2.45, 2.75) is 70.6 Å². The first kappa shape index (κ1) is 80.5. The average Bonchev–Trinajstić information content (AvgIpc) is 1.74. The molecule has 2 atom stereocenters. The van der Waals surface area contributed by atoms with Crippen molar-refractivity contribution in [2.75, 3.05) is 0 Å². The van der Waals surface area contributed by atoms with Crippen LogP contribution in [0.4, 0.5) is 0 Å². The number of hydrogen-bond donors (Lipinski definition) is 8. The summed E-state index contributed by atoms with van der Waals surface area (Å²) in [6.07, 6.45) is 3.11. The normalized spacial score (nSPS) is 12.4. The van der Waals surface area contributed by atoms with Gasteiger partial charge in [0.2, 0.25) is 0 Å². The molecule has 1 aliphatic rings. The fourth-order valence-corrected chi connectivity index (χ4v) is 13.8. The van der Waals surface area contributed by atoms with Gasteiger partial charge in [-0.25, -0.2) is 14.4 Å². The number of amides is 4. The largest absolute Gasteiger partial charge is 0.481 e. The van der Waals surface area contributed by atoms with Crippen molar-refractivity contribution in [3.63, 3.8) is 0 Å². The van der Waals surface area contributed by atoms with Crippen LogP contribution in [0.15, 0.2) is 170 Å². The lowest BCUT2D eigenvalue weighted by atomic mass is 9.93. The molecule has 558 valence electrons.